The van der Waals surface area contributed by atoms with Gasteiger partial charge in [-0.1, -0.05) is 13.0 Å². The third kappa shape index (κ3) is 2.15. The summed E-state index contributed by atoms with van der Waals surface area (Å²) in [7, 11) is 0. The summed E-state index contributed by atoms with van der Waals surface area (Å²) in [6.07, 6.45) is 3.49. The molecule has 3 nitrogen and oxygen atoms in total. The molecule has 0 atom stereocenters. The third-order valence-corrected chi connectivity index (χ3v) is 3.94. The van der Waals surface area contributed by atoms with Crippen molar-refractivity contribution < 1.29 is 9.53 Å². The molecule has 96 valence electrons. The van der Waals surface area contributed by atoms with E-state index in [-0.39, 0.29) is 11.3 Å². The van der Waals surface area contributed by atoms with Crippen LogP contribution in [-0.2, 0) is 17.6 Å². The summed E-state index contributed by atoms with van der Waals surface area (Å²) in [5.41, 5.74) is 3.68. The van der Waals surface area contributed by atoms with Crippen LogP contribution in [-0.4, -0.2) is 25.7 Å². The highest BCUT2D eigenvalue weighted by Crippen LogP contribution is 2.26. The Morgan fingerprint density at radius 2 is 2.11 bits per heavy atom. The second-order valence-corrected chi connectivity index (χ2v) is 5.82. The van der Waals surface area contributed by atoms with Crippen LogP contribution in [0.5, 0.6) is 0 Å². The van der Waals surface area contributed by atoms with Crippen LogP contribution in [0.1, 0.15) is 34.8 Å². The first-order valence-corrected chi connectivity index (χ1v) is 6.64. The summed E-state index contributed by atoms with van der Waals surface area (Å²) in [5, 5.41) is 3.01. The molecule has 3 heteroatoms. The molecule has 1 heterocycles. The van der Waals surface area contributed by atoms with Gasteiger partial charge in [-0.2, -0.15) is 0 Å². The Bertz CT molecular complexity index is 477. The molecule has 0 spiro atoms. The summed E-state index contributed by atoms with van der Waals surface area (Å²) in [6, 6.07) is 6.10. The second-order valence-electron chi connectivity index (χ2n) is 5.82. The van der Waals surface area contributed by atoms with Gasteiger partial charge in [-0.15, -0.1) is 0 Å². The number of aryl methyl sites for hydroxylation is 2. The molecule has 1 aromatic rings. The van der Waals surface area contributed by atoms with Crippen molar-refractivity contribution in [1.29, 1.82) is 0 Å². The maximum atomic E-state index is 12.1. The zero-order valence-corrected chi connectivity index (χ0v) is 10.8. The summed E-state index contributed by atoms with van der Waals surface area (Å²) >= 11 is 0. The van der Waals surface area contributed by atoms with E-state index in [1.807, 2.05) is 6.07 Å². The number of ether oxygens (including phenoxy) is 1. The van der Waals surface area contributed by atoms with Crippen molar-refractivity contribution in [3.8, 4) is 0 Å². The smallest absolute Gasteiger partial charge is 0.251 e. The maximum Gasteiger partial charge on any atom is 0.251 e. The Morgan fingerprint density at radius 1 is 1.33 bits per heavy atom. The van der Waals surface area contributed by atoms with Crippen molar-refractivity contribution in [3.63, 3.8) is 0 Å². The molecule has 1 N–H and O–H groups in total. The summed E-state index contributed by atoms with van der Waals surface area (Å²) < 4.78 is 5.19. The van der Waals surface area contributed by atoms with Gasteiger partial charge < -0.3 is 10.1 Å². The van der Waals surface area contributed by atoms with E-state index >= 15 is 0 Å². The van der Waals surface area contributed by atoms with E-state index in [0.29, 0.717) is 6.54 Å². The molecule has 0 radical (unpaired) electrons. The van der Waals surface area contributed by atoms with E-state index < -0.39 is 0 Å². The normalized spacial score (nSPS) is 20.1. The lowest BCUT2D eigenvalue weighted by atomic mass is 9.88. The van der Waals surface area contributed by atoms with Gasteiger partial charge in [0.05, 0.1) is 13.2 Å². The predicted octanol–water partition coefficient (Wildman–Crippen LogP) is 1.94. The molecule has 0 saturated carbocycles. The minimum Gasteiger partial charge on any atom is -0.380 e. The Kier molecular flexibility index (Phi) is 2.86. The van der Waals surface area contributed by atoms with Gasteiger partial charge in [0.1, 0.15) is 0 Å². The van der Waals surface area contributed by atoms with Crippen molar-refractivity contribution in [2.75, 3.05) is 19.8 Å². The fourth-order valence-electron chi connectivity index (χ4n) is 2.66. The zero-order chi connectivity index (χ0) is 12.6. The standard InChI is InChI=1S/C15H19NO2/c1-15(9-18-10-15)8-16-14(17)13-6-5-11-3-2-4-12(11)7-13/h5-7H,2-4,8-10H2,1H3,(H,16,17). The molecule has 0 aromatic heterocycles. The second kappa shape index (κ2) is 4.39. The molecule has 1 aliphatic carbocycles. The summed E-state index contributed by atoms with van der Waals surface area (Å²) in [6.45, 7) is 4.33. The molecule has 2 aliphatic rings. The summed E-state index contributed by atoms with van der Waals surface area (Å²) in [5.74, 6) is 0.0397. The Labute approximate surface area is 108 Å². The number of benzene rings is 1. The molecule has 1 amide bonds. The highest BCUT2D eigenvalue weighted by atomic mass is 16.5. The van der Waals surface area contributed by atoms with E-state index in [9.17, 15) is 4.79 Å². The van der Waals surface area contributed by atoms with E-state index in [2.05, 4.69) is 24.4 Å². The fraction of sp³-hybridized carbons (Fsp3) is 0.533. The number of fused-ring (bicyclic) bond motifs is 1. The largest absolute Gasteiger partial charge is 0.380 e. The van der Waals surface area contributed by atoms with Crippen molar-refractivity contribution in [2.45, 2.75) is 26.2 Å². The van der Waals surface area contributed by atoms with Gasteiger partial charge in [0.2, 0.25) is 0 Å². The molecule has 18 heavy (non-hydrogen) atoms. The lowest BCUT2D eigenvalue weighted by molar-refractivity contribution is -0.0978. The number of hydrogen-bond acceptors (Lipinski definition) is 2. The molecule has 1 saturated heterocycles. The van der Waals surface area contributed by atoms with Crippen LogP contribution >= 0.6 is 0 Å². The first-order chi connectivity index (χ1) is 8.66. The van der Waals surface area contributed by atoms with Crippen molar-refractivity contribution in [3.05, 3.63) is 34.9 Å². The molecular weight excluding hydrogens is 226 g/mol. The number of hydrogen-bond donors (Lipinski definition) is 1. The van der Waals surface area contributed by atoms with Crippen molar-refractivity contribution >= 4 is 5.91 Å². The molecular formula is C15H19NO2. The number of rotatable bonds is 3. The Morgan fingerprint density at radius 3 is 2.83 bits per heavy atom. The molecule has 1 aliphatic heterocycles. The average Bonchev–Trinajstić information content (AvgIpc) is 2.80. The number of nitrogens with one attached hydrogen (secondary N) is 1. The van der Waals surface area contributed by atoms with E-state index in [1.54, 1.807) is 0 Å². The van der Waals surface area contributed by atoms with Gasteiger partial charge in [0.25, 0.3) is 5.91 Å². The van der Waals surface area contributed by atoms with E-state index in [0.717, 1.165) is 31.6 Å². The van der Waals surface area contributed by atoms with Crippen molar-refractivity contribution in [2.24, 2.45) is 5.41 Å². The minimum absolute atomic E-state index is 0.0397. The molecule has 1 aromatic carbocycles. The van der Waals surface area contributed by atoms with Gasteiger partial charge in [0, 0.05) is 17.5 Å². The Hall–Kier alpha value is -1.35. The number of carbonyl (C=O) groups excluding carboxylic acids is 1. The SMILES string of the molecule is CC1(CNC(=O)c2ccc3c(c2)CCC3)COC1. The quantitative estimate of drug-likeness (QED) is 0.883. The first kappa shape index (κ1) is 11.7. The van der Waals surface area contributed by atoms with Gasteiger partial charge in [-0.25, -0.2) is 0 Å². The van der Waals surface area contributed by atoms with Gasteiger partial charge >= 0.3 is 0 Å². The van der Waals surface area contributed by atoms with Crippen LogP contribution in [0.4, 0.5) is 0 Å². The lowest BCUT2D eigenvalue weighted by Gasteiger charge is -2.38. The molecule has 3 rings (SSSR count). The molecule has 0 unspecified atom stereocenters. The zero-order valence-electron chi connectivity index (χ0n) is 10.8. The van der Waals surface area contributed by atoms with Crippen LogP contribution in [0.2, 0.25) is 0 Å². The van der Waals surface area contributed by atoms with Gasteiger partial charge in [-0.05, 0) is 42.5 Å². The van der Waals surface area contributed by atoms with E-state index in [4.69, 9.17) is 4.74 Å². The fourth-order valence-corrected chi connectivity index (χ4v) is 2.66. The maximum absolute atomic E-state index is 12.1. The highest BCUT2D eigenvalue weighted by molar-refractivity contribution is 5.94. The average molecular weight is 245 g/mol. The number of amides is 1. The van der Waals surface area contributed by atoms with E-state index in [1.165, 1.54) is 17.5 Å². The van der Waals surface area contributed by atoms with Crippen LogP contribution in [0, 0.1) is 5.41 Å². The topological polar surface area (TPSA) is 38.3 Å². The van der Waals surface area contributed by atoms with Crippen LogP contribution in [0.15, 0.2) is 18.2 Å². The van der Waals surface area contributed by atoms with Crippen LogP contribution in [0.25, 0.3) is 0 Å². The first-order valence-electron chi connectivity index (χ1n) is 6.64. The van der Waals surface area contributed by atoms with Gasteiger partial charge in [0.15, 0.2) is 0 Å². The third-order valence-electron chi connectivity index (χ3n) is 3.94. The van der Waals surface area contributed by atoms with Crippen molar-refractivity contribution in [1.82, 2.24) is 5.32 Å². The predicted molar refractivity (Wildman–Crippen MR) is 69.7 cm³/mol. The summed E-state index contributed by atoms with van der Waals surface area (Å²) in [4.78, 5) is 12.1. The van der Waals surface area contributed by atoms with Gasteiger partial charge in [-0.3, -0.25) is 4.79 Å². The molecule has 0 bridgehead atoms. The lowest BCUT2D eigenvalue weighted by Crippen LogP contribution is -2.48. The Balaban J connectivity index is 1.65. The number of carbonyl (C=O) groups is 1. The monoisotopic (exact) mass is 245 g/mol. The van der Waals surface area contributed by atoms with Crippen LogP contribution in [0.3, 0.4) is 0 Å². The van der Waals surface area contributed by atoms with Crippen LogP contribution < -0.4 is 5.32 Å². The minimum atomic E-state index is 0.0397. The highest BCUT2D eigenvalue weighted by Gasteiger charge is 2.33. The molecule has 1 fully saturated rings.